The SMILES string of the molecule is COCCn1c(C)cc(C)c(C(=O)N2CCN(C(=O)c3ccco3)CC2)c1=O. The summed E-state index contributed by atoms with van der Waals surface area (Å²) in [6.07, 6.45) is 1.46. The normalized spacial score (nSPS) is 14.4. The quantitative estimate of drug-likeness (QED) is 0.772. The van der Waals surface area contributed by atoms with Crippen LogP contribution in [0.5, 0.6) is 0 Å². The zero-order chi connectivity index (χ0) is 20.3. The van der Waals surface area contributed by atoms with Crippen LogP contribution in [0.2, 0.25) is 0 Å². The van der Waals surface area contributed by atoms with Crippen LogP contribution in [0.25, 0.3) is 0 Å². The Hall–Kier alpha value is -2.87. The molecule has 0 unspecified atom stereocenters. The van der Waals surface area contributed by atoms with Crippen molar-refractivity contribution in [2.45, 2.75) is 20.4 Å². The number of amides is 2. The molecule has 0 spiro atoms. The lowest BCUT2D eigenvalue weighted by Crippen LogP contribution is -2.51. The van der Waals surface area contributed by atoms with Gasteiger partial charge in [-0.05, 0) is 37.6 Å². The minimum atomic E-state index is -0.298. The number of nitrogens with zero attached hydrogens (tertiary/aromatic N) is 3. The molecule has 0 aromatic carbocycles. The number of aryl methyl sites for hydroxylation is 2. The monoisotopic (exact) mass is 387 g/mol. The summed E-state index contributed by atoms with van der Waals surface area (Å²) in [4.78, 5) is 41.6. The van der Waals surface area contributed by atoms with Crippen molar-refractivity contribution in [1.82, 2.24) is 14.4 Å². The highest BCUT2D eigenvalue weighted by Gasteiger charge is 2.29. The number of rotatable bonds is 5. The molecule has 3 rings (SSSR count). The topological polar surface area (TPSA) is 85.0 Å². The van der Waals surface area contributed by atoms with Crippen molar-refractivity contribution in [3.63, 3.8) is 0 Å². The van der Waals surface area contributed by atoms with Crippen LogP contribution in [0.1, 0.15) is 32.2 Å². The van der Waals surface area contributed by atoms with Gasteiger partial charge in [-0.15, -0.1) is 0 Å². The number of methoxy groups -OCH3 is 1. The first-order valence-corrected chi connectivity index (χ1v) is 9.26. The highest BCUT2D eigenvalue weighted by atomic mass is 16.5. The largest absolute Gasteiger partial charge is 0.459 e. The van der Waals surface area contributed by atoms with E-state index in [0.29, 0.717) is 44.9 Å². The third kappa shape index (κ3) is 3.87. The molecule has 8 heteroatoms. The molecule has 3 heterocycles. The molecule has 0 saturated carbocycles. The second-order valence-electron chi connectivity index (χ2n) is 6.86. The number of carbonyl (C=O) groups is 2. The van der Waals surface area contributed by atoms with Gasteiger partial charge in [0.1, 0.15) is 5.56 Å². The number of ether oxygens (including phenoxy) is 1. The maximum Gasteiger partial charge on any atom is 0.289 e. The maximum atomic E-state index is 13.0. The lowest BCUT2D eigenvalue weighted by molar-refractivity contribution is 0.0516. The molecule has 28 heavy (non-hydrogen) atoms. The second kappa shape index (κ2) is 8.43. The molecule has 1 saturated heterocycles. The van der Waals surface area contributed by atoms with Crippen molar-refractivity contribution in [2.24, 2.45) is 0 Å². The van der Waals surface area contributed by atoms with E-state index in [-0.39, 0.29) is 28.7 Å². The molecule has 1 aliphatic rings. The molecular formula is C20H25N3O5. The summed E-state index contributed by atoms with van der Waals surface area (Å²) in [6, 6.07) is 5.14. The molecule has 150 valence electrons. The van der Waals surface area contributed by atoms with Crippen molar-refractivity contribution >= 4 is 11.8 Å². The Bertz CT molecular complexity index is 909. The number of hydrogen-bond donors (Lipinski definition) is 0. The van der Waals surface area contributed by atoms with E-state index in [1.54, 1.807) is 40.5 Å². The first-order valence-electron chi connectivity index (χ1n) is 9.26. The number of aromatic nitrogens is 1. The second-order valence-corrected chi connectivity index (χ2v) is 6.86. The molecule has 2 amide bonds. The van der Waals surface area contributed by atoms with Gasteiger partial charge in [0.15, 0.2) is 5.76 Å². The Morgan fingerprint density at radius 1 is 1.11 bits per heavy atom. The van der Waals surface area contributed by atoms with Crippen molar-refractivity contribution < 1.29 is 18.7 Å². The van der Waals surface area contributed by atoms with Crippen molar-refractivity contribution in [3.05, 3.63) is 57.4 Å². The Morgan fingerprint density at radius 2 is 1.75 bits per heavy atom. The van der Waals surface area contributed by atoms with Gasteiger partial charge in [0, 0.05) is 45.5 Å². The molecule has 0 atom stereocenters. The Balaban J connectivity index is 1.75. The van der Waals surface area contributed by atoms with E-state index in [1.165, 1.54) is 6.26 Å². The highest BCUT2D eigenvalue weighted by molar-refractivity contribution is 5.96. The van der Waals surface area contributed by atoms with Crippen LogP contribution >= 0.6 is 0 Å². The fourth-order valence-electron chi connectivity index (χ4n) is 3.47. The van der Waals surface area contributed by atoms with E-state index in [2.05, 4.69) is 0 Å². The average Bonchev–Trinajstić information content (AvgIpc) is 3.22. The van der Waals surface area contributed by atoms with E-state index < -0.39 is 0 Å². The molecule has 8 nitrogen and oxygen atoms in total. The maximum absolute atomic E-state index is 13.0. The zero-order valence-electron chi connectivity index (χ0n) is 16.4. The summed E-state index contributed by atoms with van der Waals surface area (Å²) in [5, 5.41) is 0. The molecule has 0 radical (unpaired) electrons. The van der Waals surface area contributed by atoms with Crippen molar-refractivity contribution in [1.29, 1.82) is 0 Å². The van der Waals surface area contributed by atoms with Gasteiger partial charge in [-0.25, -0.2) is 0 Å². The Labute approximate surface area is 163 Å². The fraction of sp³-hybridized carbons (Fsp3) is 0.450. The van der Waals surface area contributed by atoms with E-state index in [0.717, 1.165) is 5.69 Å². The summed E-state index contributed by atoms with van der Waals surface area (Å²) < 4.78 is 11.8. The van der Waals surface area contributed by atoms with E-state index in [9.17, 15) is 14.4 Å². The summed E-state index contributed by atoms with van der Waals surface area (Å²) in [7, 11) is 1.57. The standard InChI is InChI=1S/C20H25N3O5/c1-14-13-15(2)23(10-12-27-3)20(26)17(14)19(25)22-8-6-21(7-9-22)18(24)16-5-4-11-28-16/h4-5,11,13H,6-10,12H2,1-3H3. The summed E-state index contributed by atoms with van der Waals surface area (Å²) in [5.41, 5.74) is 1.35. The average molecular weight is 387 g/mol. The van der Waals surface area contributed by atoms with Gasteiger partial charge in [0.05, 0.1) is 12.9 Å². The molecular weight excluding hydrogens is 362 g/mol. The Morgan fingerprint density at radius 3 is 2.32 bits per heavy atom. The Kier molecular flexibility index (Phi) is 5.99. The minimum absolute atomic E-state index is 0.188. The lowest BCUT2D eigenvalue weighted by atomic mass is 10.1. The smallest absolute Gasteiger partial charge is 0.289 e. The number of hydrogen-bond acceptors (Lipinski definition) is 5. The van der Waals surface area contributed by atoms with Crippen LogP contribution in [0.3, 0.4) is 0 Å². The molecule has 2 aromatic rings. The number of pyridine rings is 1. The van der Waals surface area contributed by atoms with Crippen LogP contribution in [0.15, 0.2) is 33.7 Å². The molecule has 0 bridgehead atoms. The van der Waals surface area contributed by atoms with Gasteiger partial charge >= 0.3 is 0 Å². The summed E-state index contributed by atoms with van der Waals surface area (Å²) in [6.45, 7) is 5.95. The van der Waals surface area contributed by atoms with Gasteiger partial charge < -0.3 is 23.5 Å². The van der Waals surface area contributed by atoms with Crippen LogP contribution in [0.4, 0.5) is 0 Å². The molecule has 0 N–H and O–H groups in total. The van der Waals surface area contributed by atoms with E-state index in [1.807, 2.05) is 13.0 Å². The van der Waals surface area contributed by atoms with Crippen molar-refractivity contribution in [3.8, 4) is 0 Å². The van der Waals surface area contributed by atoms with Gasteiger partial charge in [0.25, 0.3) is 17.4 Å². The summed E-state index contributed by atoms with van der Waals surface area (Å²) in [5.74, 6) is -0.195. The molecule has 1 aliphatic heterocycles. The predicted molar refractivity (Wildman–Crippen MR) is 103 cm³/mol. The lowest BCUT2D eigenvalue weighted by Gasteiger charge is -2.34. The summed E-state index contributed by atoms with van der Waals surface area (Å²) >= 11 is 0. The molecule has 0 aliphatic carbocycles. The first-order chi connectivity index (χ1) is 13.4. The van der Waals surface area contributed by atoms with E-state index in [4.69, 9.17) is 9.15 Å². The zero-order valence-corrected chi connectivity index (χ0v) is 16.4. The van der Waals surface area contributed by atoms with Crippen molar-refractivity contribution in [2.75, 3.05) is 39.9 Å². The van der Waals surface area contributed by atoms with Crippen LogP contribution < -0.4 is 5.56 Å². The third-order valence-corrected chi connectivity index (χ3v) is 5.02. The van der Waals surface area contributed by atoms with Gasteiger partial charge in [-0.1, -0.05) is 0 Å². The number of carbonyl (C=O) groups excluding carboxylic acids is 2. The van der Waals surface area contributed by atoms with Gasteiger partial charge in [0.2, 0.25) is 0 Å². The predicted octanol–water partition coefficient (Wildman–Crippen LogP) is 1.30. The molecule has 1 fully saturated rings. The van der Waals surface area contributed by atoms with Gasteiger partial charge in [-0.2, -0.15) is 0 Å². The van der Waals surface area contributed by atoms with E-state index >= 15 is 0 Å². The first kappa shape index (κ1) is 19.9. The highest BCUT2D eigenvalue weighted by Crippen LogP contribution is 2.14. The number of furan rings is 1. The number of piperazine rings is 1. The van der Waals surface area contributed by atoms with Crippen LogP contribution in [-0.4, -0.2) is 66.1 Å². The fourth-order valence-corrected chi connectivity index (χ4v) is 3.47. The molecule has 2 aromatic heterocycles. The van der Waals surface area contributed by atoms with Crippen LogP contribution in [-0.2, 0) is 11.3 Å². The van der Waals surface area contributed by atoms with Crippen LogP contribution in [0, 0.1) is 13.8 Å². The third-order valence-electron chi connectivity index (χ3n) is 5.02. The van der Waals surface area contributed by atoms with Gasteiger partial charge in [-0.3, -0.25) is 14.4 Å². The minimum Gasteiger partial charge on any atom is -0.459 e.